The second-order valence-corrected chi connectivity index (χ2v) is 5.36. The molecule has 0 spiro atoms. The van der Waals surface area contributed by atoms with Gasteiger partial charge in [-0.2, -0.15) is 0 Å². The summed E-state index contributed by atoms with van der Waals surface area (Å²) < 4.78 is 6.88. The minimum absolute atomic E-state index is 0.269. The normalized spacial score (nSPS) is 18.3. The molecule has 0 saturated carbocycles. The van der Waals surface area contributed by atoms with E-state index in [1.807, 2.05) is 6.07 Å². The van der Waals surface area contributed by atoms with E-state index < -0.39 is 0 Å². The van der Waals surface area contributed by atoms with E-state index >= 15 is 0 Å². The summed E-state index contributed by atoms with van der Waals surface area (Å²) in [5.41, 5.74) is 6.65. The number of nitrogens with zero attached hydrogens (tertiary/aromatic N) is 2. The van der Waals surface area contributed by atoms with E-state index in [0.29, 0.717) is 12.4 Å². The topological polar surface area (TPSA) is 51.4 Å². The highest BCUT2D eigenvalue weighted by Crippen LogP contribution is 2.23. The molecule has 1 saturated heterocycles. The van der Waals surface area contributed by atoms with E-state index in [9.17, 15) is 0 Å². The van der Waals surface area contributed by atoms with Crippen molar-refractivity contribution in [3.63, 3.8) is 0 Å². The van der Waals surface area contributed by atoms with E-state index in [1.165, 1.54) is 0 Å². The van der Waals surface area contributed by atoms with Crippen molar-refractivity contribution >= 4 is 15.9 Å². The number of hydrogen-bond donors (Lipinski definition) is 1. The van der Waals surface area contributed by atoms with Crippen LogP contribution < -0.4 is 10.5 Å². The van der Waals surface area contributed by atoms with E-state index in [0.717, 1.165) is 36.0 Å². The van der Waals surface area contributed by atoms with Crippen LogP contribution in [0, 0.1) is 0 Å². The van der Waals surface area contributed by atoms with Crippen LogP contribution in [0.1, 0.15) is 18.4 Å². The maximum absolute atomic E-state index is 5.94. The Hall–Kier alpha value is -0.650. The maximum atomic E-state index is 5.94. The molecule has 0 aliphatic carbocycles. The summed E-state index contributed by atoms with van der Waals surface area (Å²) in [4.78, 5) is 6.62. The van der Waals surface area contributed by atoms with Gasteiger partial charge in [0.25, 0.3) is 0 Å². The van der Waals surface area contributed by atoms with Crippen LogP contribution in [0.5, 0.6) is 5.88 Å². The first-order valence-electron chi connectivity index (χ1n) is 5.88. The number of rotatable bonds is 3. The van der Waals surface area contributed by atoms with E-state index in [4.69, 9.17) is 10.5 Å². The lowest BCUT2D eigenvalue weighted by Gasteiger charge is -2.29. The summed E-state index contributed by atoms with van der Waals surface area (Å²) in [6.45, 7) is 2.62. The second-order valence-electron chi connectivity index (χ2n) is 4.44. The van der Waals surface area contributed by atoms with Gasteiger partial charge in [0, 0.05) is 35.9 Å². The summed E-state index contributed by atoms with van der Waals surface area (Å²) in [5.74, 6) is 0.685. The predicted molar refractivity (Wildman–Crippen MR) is 71.0 cm³/mol. The Kier molecular flexibility index (Phi) is 4.36. The number of nitrogens with two attached hydrogens (primary N) is 1. The number of pyridine rings is 1. The van der Waals surface area contributed by atoms with Gasteiger partial charge < -0.3 is 15.4 Å². The van der Waals surface area contributed by atoms with Crippen molar-refractivity contribution in [3.05, 3.63) is 22.3 Å². The third-order valence-corrected chi connectivity index (χ3v) is 3.49. The summed E-state index contributed by atoms with van der Waals surface area (Å²) in [5, 5.41) is 0. The molecule has 1 aromatic rings. The minimum Gasteiger partial charge on any atom is -0.474 e. The van der Waals surface area contributed by atoms with Gasteiger partial charge in [0.15, 0.2) is 0 Å². The number of ether oxygens (including phenoxy) is 1. The monoisotopic (exact) mass is 299 g/mol. The molecule has 0 aromatic carbocycles. The Bertz CT molecular complexity index is 378. The summed E-state index contributed by atoms with van der Waals surface area (Å²) in [7, 11) is 2.14. The lowest BCUT2D eigenvalue weighted by atomic mass is 10.1. The third kappa shape index (κ3) is 3.40. The maximum Gasteiger partial charge on any atom is 0.218 e. The molecule has 1 aliphatic rings. The van der Waals surface area contributed by atoms with E-state index in [1.54, 1.807) is 6.20 Å². The van der Waals surface area contributed by atoms with Crippen LogP contribution in [0.2, 0.25) is 0 Å². The first kappa shape index (κ1) is 12.8. The van der Waals surface area contributed by atoms with Crippen molar-refractivity contribution in [2.75, 3.05) is 20.1 Å². The lowest BCUT2D eigenvalue weighted by molar-refractivity contribution is 0.109. The van der Waals surface area contributed by atoms with Crippen molar-refractivity contribution in [2.24, 2.45) is 5.73 Å². The Morgan fingerprint density at radius 2 is 2.24 bits per heavy atom. The van der Waals surface area contributed by atoms with Crippen LogP contribution in [-0.4, -0.2) is 36.1 Å². The molecule has 2 N–H and O–H groups in total. The fraction of sp³-hybridized carbons (Fsp3) is 0.583. The Labute approximate surface area is 110 Å². The molecule has 2 rings (SSSR count). The molecular weight excluding hydrogens is 282 g/mol. The zero-order valence-electron chi connectivity index (χ0n) is 10.0. The van der Waals surface area contributed by atoms with Gasteiger partial charge in [-0.25, -0.2) is 4.98 Å². The second kappa shape index (κ2) is 5.80. The van der Waals surface area contributed by atoms with Crippen molar-refractivity contribution in [1.82, 2.24) is 9.88 Å². The van der Waals surface area contributed by atoms with Crippen molar-refractivity contribution in [1.29, 1.82) is 0 Å². The zero-order valence-corrected chi connectivity index (χ0v) is 11.6. The molecule has 0 amide bonds. The molecule has 0 bridgehead atoms. The highest BCUT2D eigenvalue weighted by Gasteiger charge is 2.19. The summed E-state index contributed by atoms with van der Waals surface area (Å²) in [6, 6.07) is 1.97. The van der Waals surface area contributed by atoms with E-state index in [2.05, 4.69) is 32.9 Å². The van der Waals surface area contributed by atoms with Gasteiger partial charge in [-0.15, -0.1) is 0 Å². The molecule has 94 valence electrons. The fourth-order valence-corrected chi connectivity index (χ4v) is 2.36. The first-order valence-corrected chi connectivity index (χ1v) is 6.68. The predicted octanol–water partition coefficient (Wildman–Crippen LogP) is 1.78. The number of aromatic nitrogens is 1. The van der Waals surface area contributed by atoms with Crippen LogP contribution >= 0.6 is 15.9 Å². The largest absolute Gasteiger partial charge is 0.474 e. The smallest absolute Gasteiger partial charge is 0.218 e. The van der Waals surface area contributed by atoms with Gasteiger partial charge in [-0.1, -0.05) is 0 Å². The standard InChI is InChI=1S/C12H18BrN3O/c1-16-4-2-11(3-5-16)17-12-9(7-14)6-10(13)8-15-12/h6,8,11H,2-5,7,14H2,1H3. The molecule has 1 fully saturated rings. The van der Waals surface area contributed by atoms with Crippen molar-refractivity contribution in [3.8, 4) is 5.88 Å². The number of likely N-dealkylation sites (tertiary alicyclic amines) is 1. The molecule has 1 aromatic heterocycles. The quantitative estimate of drug-likeness (QED) is 0.924. The molecule has 0 radical (unpaired) electrons. The minimum atomic E-state index is 0.269. The fourth-order valence-electron chi connectivity index (χ4n) is 1.98. The third-order valence-electron chi connectivity index (χ3n) is 3.06. The first-order chi connectivity index (χ1) is 8.19. The molecule has 1 aliphatic heterocycles. The number of hydrogen-bond acceptors (Lipinski definition) is 4. The summed E-state index contributed by atoms with van der Waals surface area (Å²) >= 11 is 3.39. The lowest BCUT2D eigenvalue weighted by Crippen LogP contribution is -2.36. The highest BCUT2D eigenvalue weighted by molar-refractivity contribution is 9.10. The van der Waals surface area contributed by atoms with Crippen LogP contribution in [-0.2, 0) is 6.54 Å². The SMILES string of the molecule is CN1CCC(Oc2ncc(Br)cc2CN)CC1. The van der Waals surface area contributed by atoms with Gasteiger partial charge >= 0.3 is 0 Å². The van der Waals surface area contributed by atoms with E-state index in [-0.39, 0.29) is 6.10 Å². The molecule has 0 atom stereocenters. The molecule has 17 heavy (non-hydrogen) atoms. The van der Waals surface area contributed by atoms with Gasteiger partial charge in [0.05, 0.1) is 0 Å². The molecule has 5 heteroatoms. The Balaban J connectivity index is 2.03. The highest BCUT2D eigenvalue weighted by atomic mass is 79.9. The Morgan fingerprint density at radius 3 is 2.88 bits per heavy atom. The number of halogens is 1. The Morgan fingerprint density at radius 1 is 1.53 bits per heavy atom. The van der Waals surface area contributed by atoms with Crippen LogP contribution in [0.4, 0.5) is 0 Å². The van der Waals surface area contributed by atoms with Gasteiger partial charge in [0.2, 0.25) is 5.88 Å². The van der Waals surface area contributed by atoms with Gasteiger partial charge in [-0.05, 0) is 41.9 Å². The molecular formula is C12H18BrN3O. The van der Waals surface area contributed by atoms with Crippen LogP contribution in [0.15, 0.2) is 16.7 Å². The molecule has 2 heterocycles. The van der Waals surface area contributed by atoms with Crippen molar-refractivity contribution < 1.29 is 4.74 Å². The average Bonchev–Trinajstić information content (AvgIpc) is 2.34. The molecule has 0 unspecified atom stereocenters. The van der Waals surface area contributed by atoms with Gasteiger partial charge in [-0.3, -0.25) is 0 Å². The average molecular weight is 300 g/mol. The molecule has 4 nitrogen and oxygen atoms in total. The zero-order chi connectivity index (χ0) is 12.3. The van der Waals surface area contributed by atoms with Crippen molar-refractivity contribution in [2.45, 2.75) is 25.5 Å². The van der Waals surface area contributed by atoms with Crippen LogP contribution in [0.25, 0.3) is 0 Å². The number of piperidine rings is 1. The summed E-state index contributed by atoms with van der Waals surface area (Å²) in [6.07, 6.45) is 4.13. The van der Waals surface area contributed by atoms with Crippen LogP contribution in [0.3, 0.4) is 0 Å². The van der Waals surface area contributed by atoms with Gasteiger partial charge in [0.1, 0.15) is 6.10 Å².